The first kappa shape index (κ1) is 18.3. The zero-order chi connectivity index (χ0) is 18.2. The highest BCUT2D eigenvalue weighted by Crippen LogP contribution is 2.23. The van der Waals surface area contributed by atoms with E-state index in [0.717, 1.165) is 11.3 Å². The third kappa shape index (κ3) is 5.24. The number of amides is 2. The molecule has 25 heavy (non-hydrogen) atoms. The Morgan fingerprint density at radius 1 is 1.08 bits per heavy atom. The predicted octanol–water partition coefficient (Wildman–Crippen LogP) is 2.42. The highest BCUT2D eigenvalue weighted by atomic mass is 16.5. The molecule has 0 aliphatic rings. The molecule has 0 bridgehead atoms. The summed E-state index contributed by atoms with van der Waals surface area (Å²) in [6.45, 7) is 1.78. The number of methoxy groups -OCH3 is 1. The number of rotatable bonds is 7. The molecule has 0 unspecified atom stereocenters. The fourth-order valence-electron chi connectivity index (χ4n) is 2.30. The van der Waals surface area contributed by atoms with Gasteiger partial charge >= 0.3 is 0 Å². The Kier molecular flexibility index (Phi) is 6.39. The molecule has 6 nitrogen and oxygen atoms in total. The van der Waals surface area contributed by atoms with E-state index in [0.29, 0.717) is 17.9 Å². The van der Waals surface area contributed by atoms with Crippen molar-refractivity contribution in [3.05, 3.63) is 54.1 Å². The molecule has 2 aromatic carbocycles. The SMILES string of the molecule is CNC(=O)Cc1ccc(N[C@H](C)C(=O)Nc2ccccc2OC)cc1. The average molecular weight is 341 g/mol. The van der Waals surface area contributed by atoms with Crippen LogP contribution >= 0.6 is 0 Å². The first-order valence-electron chi connectivity index (χ1n) is 8.03. The number of carbonyl (C=O) groups excluding carboxylic acids is 2. The Balaban J connectivity index is 1.95. The molecule has 2 aromatic rings. The minimum atomic E-state index is -0.435. The number of carbonyl (C=O) groups is 2. The third-order valence-electron chi connectivity index (χ3n) is 3.74. The monoisotopic (exact) mass is 341 g/mol. The quantitative estimate of drug-likeness (QED) is 0.723. The Bertz CT molecular complexity index is 729. The second-order valence-electron chi connectivity index (χ2n) is 5.60. The van der Waals surface area contributed by atoms with Crippen molar-refractivity contribution in [2.45, 2.75) is 19.4 Å². The molecule has 0 aliphatic heterocycles. The van der Waals surface area contributed by atoms with Gasteiger partial charge in [0.25, 0.3) is 0 Å². The maximum atomic E-state index is 12.4. The van der Waals surface area contributed by atoms with Gasteiger partial charge in [0, 0.05) is 12.7 Å². The average Bonchev–Trinajstić information content (AvgIpc) is 2.63. The van der Waals surface area contributed by atoms with Crippen molar-refractivity contribution in [1.82, 2.24) is 5.32 Å². The number of likely N-dealkylation sites (N-methyl/N-ethyl adjacent to an activating group) is 1. The first-order valence-corrected chi connectivity index (χ1v) is 8.03. The smallest absolute Gasteiger partial charge is 0.246 e. The largest absolute Gasteiger partial charge is 0.495 e. The van der Waals surface area contributed by atoms with Gasteiger partial charge in [0.2, 0.25) is 11.8 Å². The molecule has 1 atom stereocenters. The summed E-state index contributed by atoms with van der Waals surface area (Å²) in [6.07, 6.45) is 0.334. The molecule has 0 aromatic heterocycles. The molecule has 0 heterocycles. The lowest BCUT2D eigenvalue weighted by Crippen LogP contribution is -2.32. The van der Waals surface area contributed by atoms with Crippen molar-refractivity contribution < 1.29 is 14.3 Å². The van der Waals surface area contributed by atoms with Crippen LogP contribution in [0.25, 0.3) is 0 Å². The normalized spacial score (nSPS) is 11.3. The number of anilines is 2. The Morgan fingerprint density at radius 2 is 1.76 bits per heavy atom. The van der Waals surface area contributed by atoms with Crippen molar-refractivity contribution in [2.24, 2.45) is 0 Å². The number of nitrogens with one attached hydrogen (secondary N) is 3. The topological polar surface area (TPSA) is 79.5 Å². The third-order valence-corrected chi connectivity index (χ3v) is 3.74. The van der Waals surface area contributed by atoms with Crippen LogP contribution in [-0.4, -0.2) is 32.0 Å². The van der Waals surface area contributed by atoms with Crippen LogP contribution in [0.15, 0.2) is 48.5 Å². The summed E-state index contributed by atoms with van der Waals surface area (Å²) in [6, 6.07) is 14.3. The molecule has 0 fully saturated rings. The maximum absolute atomic E-state index is 12.4. The number of ether oxygens (including phenoxy) is 1. The van der Waals surface area contributed by atoms with Gasteiger partial charge in [0.1, 0.15) is 11.8 Å². The summed E-state index contributed by atoms with van der Waals surface area (Å²) in [4.78, 5) is 23.7. The summed E-state index contributed by atoms with van der Waals surface area (Å²) < 4.78 is 5.23. The highest BCUT2D eigenvalue weighted by Gasteiger charge is 2.14. The number of hydrogen-bond acceptors (Lipinski definition) is 4. The number of hydrogen-bond donors (Lipinski definition) is 3. The highest BCUT2D eigenvalue weighted by molar-refractivity contribution is 5.97. The minimum absolute atomic E-state index is 0.0368. The second kappa shape index (κ2) is 8.73. The van der Waals surface area contributed by atoms with E-state index in [1.54, 1.807) is 33.2 Å². The van der Waals surface area contributed by atoms with Crippen LogP contribution in [0.5, 0.6) is 5.75 Å². The molecule has 0 aliphatic carbocycles. The van der Waals surface area contributed by atoms with Gasteiger partial charge in [-0.25, -0.2) is 0 Å². The Morgan fingerprint density at radius 3 is 2.40 bits per heavy atom. The van der Waals surface area contributed by atoms with Crippen molar-refractivity contribution in [1.29, 1.82) is 0 Å². The molecule has 3 N–H and O–H groups in total. The Labute approximate surface area is 147 Å². The molecule has 2 rings (SSSR count). The van der Waals surface area contributed by atoms with E-state index in [9.17, 15) is 9.59 Å². The lowest BCUT2D eigenvalue weighted by Gasteiger charge is -2.17. The molecular formula is C19H23N3O3. The van der Waals surface area contributed by atoms with E-state index in [-0.39, 0.29) is 11.8 Å². The van der Waals surface area contributed by atoms with Crippen LogP contribution < -0.4 is 20.7 Å². The molecular weight excluding hydrogens is 318 g/mol. The number of para-hydroxylation sites is 2. The molecule has 2 amide bonds. The summed E-state index contributed by atoms with van der Waals surface area (Å²) in [5, 5.41) is 8.58. The standard InChI is InChI=1S/C19H23N3O3/c1-13(19(24)22-16-6-4-5-7-17(16)25-3)21-15-10-8-14(9-11-15)12-18(23)20-2/h4-11,13,21H,12H2,1-3H3,(H,20,23)(H,22,24)/t13-/m1/s1. The van der Waals surface area contributed by atoms with Crippen LogP contribution in [0.4, 0.5) is 11.4 Å². The van der Waals surface area contributed by atoms with E-state index < -0.39 is 6.04 Å². The molecule has 0 radical (unpaired) electrons. The van der Waals surface area contributed by atoms with Gasteiger partial charge < -0.3 is 20.7 Å². The summed E-state index contributed by atoms with van der Waals surface area (Å²) in [5.74, 6) is 0.408. The lowest BCUT2D eigenvalue weighted by atomic mass is 10.1. The van der Waals surface area contributed by atoms with Crippen molar-refractivity contribution in [2.75, 3.05) is 24.8 Å². The number of benzene rings is 2. The fourth-order valence-corrected chi connectivity index (χ4v) is 2.30. The minimum Gasteiger partial charge on any atom is -0.495 e. The van der Waals surface area contributed by atoms with Crippen LogP contribution in [0.3, 0.4) is 0 Å². The van der Waals surface area contributed by atoms with Gasteiger partial charge in [-0.15, -0.1) is 0 Å². The van der Waals surface area contributed by atoms with Crippen LogP contribution in [0.2, 0.25) is 0 Å². The predicted molar refractivity (Wildman–Crippen MR) is 98.9 cm³/mol. The zero-order valence-corrected chi connectivity index (χ0v) is 14.6. The van der Waals surface area contributed by atoms with E-state index >= 15 is 0 Å². The second-order valence-corrected chi connectivity index (χ2v) is 5.60. The maximum Gasteiger partial charge on any atom is 0.246 e. The first-order chi connectivity index (χ1) is 12.0. The molecule has 132 valence electrons. The molecule has 0 saturated heterocycles. The van der Waals surface area contributed by atoms with Crippen molar-refractivity contribution in [3.8, 4) is 5.75 Å². The zero-order valence-electron chi connectivity index (χ0n) is 14.6. The van der Waals surface area contributed by atoms with Crippen LogP contribution in [0, 0.1) is 0 Å². The Hall–Kier alpha value is -3.02. The van der Waals surface area contributed by atoms with E-state index in [4.69, 9.17) is 4.74 Å². The summed E-state index contributed by atoms with van der Waals surface area (Å²) in [5.41, 5.74) is 2.35. The molecule has 6 heteroatoms. The lowest BCUT2D eigenvalue weighted by molar-refractivity contribution is -0.120. The van der Waals surface area contributed by atoms with Crippen molar-refractivity contribution >= 4 is 23.2 Å². The summed E-state index contributed by atoms with van der Waals surface area (Å²) in [7, 11) is 3.17. The van der Waals surface area contributed by atoms with Crippen LogP contribution in [0.1, 0.15) is 12.5 Å². The van der Waals surface area contributed by atoms with Gasteiger partial charge in [0.05, 0.1) is 19.2 Å². The fraction of sp³-hybridized carbons (Fsp3) is 0.263. The molecule has 0 saturated carbocycles. The van der Waals surface area contributed by atoms with Crippen molar-refractivity contribution in [3.63, 3.8) is 0 Å². The van der Waals surface area contributed by atoms with Gasteiger partial charge in [-0.2, -0.15) is 0 Å². The molecule has 0 spiro atoms. The van der Waals surface area contributed by atoms with E-state index in [1.807, 2.05) is 36.4 Å². The van der Waals surface area contributed by atoms with Gasteiger partial charge in [-0.1, -0.05) is 24.3 Å². The van der Waals surface area contributed by atoms with Crippen LogP contribution in [-0.2, 0) is 16.0 Å². The summed E-state index contributed by atoms with van der Waals surface area (Å²) >= 11 is 0. The van der Waals surface area contributed by atoms with E-state index in [2.05, 4.69) is 16.0 Å². The van der Waals surface area contributed by atoms with Gasteiger partial charge in [0.15, 0.2) is 0 Å². The van der Waals surface area contributed by atoms with E-state index in [1.165, 1.54) is 0 Å². The van der Waals surface area contributed by atoms with Gasteiger partial charge in [-0.3, -0.25) is 9.59 Å². The van der Waals surface area contributed by atoms with Gasteiger partial charge in [-0.05, 0) is 36.8 Å².